The van der Waals surface area contributed by atoms with Crippen LogP contribution in [0.25, 0.3) is 0 Å². The summed E-state index contributed by atoms with van der Waals surface area (Å²) < 4.78 is 1.97. The number of hydrogen-bond acceptors (Lipinski definition) is 3. The highest BCUT2D eigenvalue weighted by atomic mass is 32.2. The fourth-order valence-corrected chi connectivity index (χ4v) is 3.13. The van der Waals surface area contributed by atoms with E-state index in [0.717, 1.165) is 29.2 Å². The van der Waals surface area contributed by atoms with Gasteiger partial charge in [-0.2, -0.15) is 16.9 Å². The fourth-order valence-electron chi connectivity index (χ4n) is 2.09. The summed E-state index contributed by atoms with van der Waals surface area (Å²) in [5.41, 5.74) is 3.18. The highest BCUT2D eigenvalue weighted by molar-refractivity contribution is 7.98. The molecule has 2 heterocycles. The lowest BCUT2D eigenvalue weighted by Gasteiger charge is -2.26. The molecule has 14 heavy (non-hydrogen) atoms. The van der Waals surface area contributed by atoms with E-state index in [1.165, 1.54) is 24.8 Å². The number of carbonyl (C=O) groups excluding carboxylic acids is 1. The van der Waals surface area contributed by atoms with Gasteiger partial charge in [-0.15, -0.1) is 0 Å². The van der Waals surface area contributed by atoms with E-state index in [9.17, 15) is 4.79 Å². The summed E-state index contributed by atoms with van der Waals surface area (Å²) in [4.78, 5) is 11.0. The van der Waals surface area contributed by atoms with Gasteiger partial charge >= 0.3 is 0 Å². The largest absolute Gasteiger partial charge is 0.296 e. The van der Waals surface area contributed by atoms with Crippen LogP contribution in [-0.4, -0.2) is 16.1 Å². The van der Waals surface area contributed by atoms with Crippen molar-refractivity contribution in [3.63, 3.8) is 0 Å². The first kappa shape index (κ1) is 8.53. The highest BCUT2D eigenvalue weighted by Gasteiger charge is 2.28. The summed E-state index contributed by atoms with van der Waals surface area (Å²) in [6, 6.07) is 0.505. The molecule has 1 fully saturated rings. The third kappa shape index (κ3) is 1.06. The van der Waals surface area contributed by atoms with Gasteiger partial charge in [0.2, 0.25) is 0 Å². The summed E-state index contributed by atoms with van der Waals surface area (Å²) in [6.07, 6.45) is 4.64. The molecular formula is C10H12N2OS. The summed E-state index contributed by atoms with van der Waals surface area (Å²) >= 11 is 1.85. The van der Waals surface area contributed by atoms with Crippen molar-refractivity contribution in [3.8, 4) is 0 Å². The summed E-state index contributed by atoms with van der Waals surface area (Å²) in [7, 11) is 0. The fraction of sp³-hybridized carbons (Fsp3) is 0.600. The van der Waals surface area contributed by atoms with Gasteiger partial charge in [-0.25, -0.2) is 0 Å². The third-order valence-corrected chi connectivity index (χ3v) is 4.12. The molecule has 0 saturated heterocycles. The van der Waals surface area contributed by atoms with Gasteiger partial charge in [0.15, 0.2) is 6.29 Å². The van der Waals surface area contributed by atoms with Crippen LogP contribution in [0.3, 0.4) is 0 Å². The van der Waals surface area contributed by atoms with E-state index < -0.39 is 0 Å². The molecule has 0 aromatic carbocycles. The van der Waals surface area contributed by atoms with Gasteiger partial charge in [0.1, 0.15) is 5.69 Å². The SMILES string of the molecule is O=Cc1c2c(nn1C1CCC1)CSC2. The van der Waals surface area contributed by atoms with Gasteiger partial charge in [0, 0.05) is 17.1 Å². The molecule has 0 amide bonds. The monoisotopic (exact) mass is 208 g/mol. The standard InChI is InChI=1S/C10H12N2OS/c13-4-10-8-5-14-6-9(8)11-12(10)7-2-1-3-7/h4,7H,1-3,5-6H2. The van der Waals surface area contributed by atoms with E-state index in [1.807, 2.05) is 16.4 Å². The molecule has 0 atom stereocenters. The van der Waals surface area contributed by atoms with Crippen LogP contribution < -0.4 is 0 Å². The first-order chi connectivity index (χ1) is 6.90. The number of carbonyl (C=O) groups is 1. The van der Waals surface area contributed by atoms with Gasteiger partial charge in [0.25, 0.3) is 0 Å². The van der Waals surface area contributed by atoms with Crippen LogP contribution in [-0.2, 0) is 11.5 Å². The Morgan fingerprint density at radius 1 is 1.43 bits per heavy atom. The van der Waals surface area contributed by atoms with Crippen molar-refractivity contribution in [1.82, 2.24) is 9.78 Å². The van der Waals surface area contributed by atoms with Crippen molar-refractivity contribution >= 4 is 18.0 Å². The van der Waals surface area contributed by atoms with Gasteiger partial charge in [-0.3, -0.25) is 9.48 Å². The lowest BCUT2D eigenvalue weighted by molar-refractivity contribution is 0.110. The maximum Gasteiger partial charge on any atom is 0.168 e. The predicted molar refractivity (Wildman–Crippen MR) is 55.5 cm³/mol. The van der Waals surface area contributed by atoms with Gasteiger partial charge in [0.05, 0.1) is 11.7 Å². The van der Waals surface area contributed by atoms with Gasteiger partial charge in [-0.1, -0.05) is 0 Å². The Bertz CT molecular complexity index is 382. The van der Waals surface area contributed by atoms with E-state index in [0.29, 0.717) is 6.04 Å². The first-order valence-electron chi connectivity index (χ1n) is 5.03. The van der Waals surface area contributed by atoms with E-state index in [-0.39, 0.29) is 0 Å². The van der Waals surface area contributed by atoms with Crippen molar-refractivity contribution < 1.29 is 4.79 Å². The number of aromatic nitrogens is 2. The Morgan fingerprint density at radius 3 is 2.93 bits per heavy atom. The van der Waals surface area contributed by atoms with E-state index in [2.05, 4.69) is 5.10 Å². The van der Waals surface area contributed by atoms with E-state index >= 15 is 0 Å². The number of thioether (sulfide) groups is 1. The third-order valence-electron chi connectivity index (χ3n) is 3.15. The number of fused-ring (bicyclic) bond motifs is 1. The maximum absolute atomic E-state index is 11.0. The Kier molecular flexibility index (Phi) is 1.90. The minimum absolute atomic E-state index is 0.505. The van der Waals surface area contributed by atoms with Crippen molar-refractivity contribution in [2.75, 3.05) is 0 Å². The molecule has 1 saturated carbocycles. The zero-order valence-corrected chi connectivity index (χ0v) is 8.72. The topological polar surface area (TPSA) is 34.9 Å². The van der Waals surface area contributed by atoms with E-state index in [1.54, 1.807) is 0 Å². The summed E-state index contributed by atoms with van der Waals surface area (Å²) in [5, 5.41) is 4.55. The van der Waals surface area contributed by atoms with Crippen LogP contribution in [0, 0.1) is 0 Å². The van der Waals surface area contributed by atoms with Crippen LogP contribution in [0.4, 0.5) is 0 Å². The van der Waals surface area contributed by atoms with Crippen LogP contribution in [0.2, 0.25) is 0 Å². The van der Waals surface area contributed by atoms with Crippen LogP contribution >= 0.6 is 11.8 Å². The zero-order chi connectivity index (χ0) is 9.54. The molecule has 0 unspecified atom stereocenters. The molecule has 3 nitrogen and oxygen atoms in total. The molecule has 2 aliphatic rings. The average Bonchev–Trinajstić information content (AvgIpc) is 2.60. The minimum atomic E-state index is 0.505. The lowest BCUT2D eigenvalue weighted by atomic mass is 9.93. The molecule has 1 aromatic rings. The van der Waals surface area contributed by atoms with Crippen molar-refractivity contribution in [2.45, 2.75) is 36.8 Å². The number of rotatable bonds is 2. The molecule has 0 N–H and O–H groups in total. The number of hydrogen-bond donors (Lipinski definition) is 0. The molecule has 1 aliphatic heterocycles. The molecule has 0 radical (unpaired) electrons. The summed E-state index contributed by atoms with van der Waals surface area (Å²) in [6.45, 7) is 0. The second kappa shape index (κ2) is 3.12. The molecule has 4 heteroatoms. The maximum atomic E-state index is 11.0. The van der Waals surface area contributed by atoms with Crippen LogP contribution in [0.1, 0.15) is 47.1 Å². The smallest absolute Gasteiger partial charge is 0.168 e. The zero-order valence-electron chi connectivity index (χ0n) is 7.90. The van der Waals surface area contributed by atoms with Crippen LogP contribution in [0.5, 0.6) is 0 Å². The van der Waals surface area contributed by atoms with Gasteiger partial charge < -0.3 is 0 Å². The quantitative estimate of drug-likeness (QED) is 0.699. The Hall–Kier alpha value is -0.770. The second-order valence-electron chi connectivity index (χ2n) is 3.95. The molecule has 0 bridgehead atoms. The average molecular weight is 208 g/mol. The Labute approximate surface area is 86.9 Å². The normalized spacial score (nSPS) is 20.6. The highest BCUT2D eigenvalue weighted by Crippen LogP contribution is 2.37. The minimum Gasteiger partial charge on any atom is -0.296 e. The lowest BCUT2D eigenvalue weighted by Crippen LogP contribution is -2.20. The van der Waals surface area contributed by atoms with E-state index in [4.69, 9.17) is 0 Å². The van der Waals surface area contributed by atoms with Gasteiger partial charge in [-0.05, 0) is 19.3 Å². The predicted octanol–water partition coefficient (Wildman–Crippen LogP) is 2.17. The number of nitrogens with zero attached hydrogens (tertiary/aromatic N) is 2. The molecular weight excluding hydrogens is 196 g/mol. The second-order valence-corrected chi connectivity index (χ2v) is 4.94. The van der Waals surface area contributed by atoms with Crippen molar-refractivity contribution in [1.29, 1.82) is 0 Å². The van der Waals surface area contributed by atoms with Crippen molar-refractivity contribution in [3.05, 3.63) is 17.0 Å². The molecule has 1 aromatic heterocycles. The molecule has 74 valence electrons. The van der Waals surface area contributed by atoms with Crippen molar-refractivity contribution in [2.24, 2.45) is 0 Å². The molecule has 0 spiro atoms. The molecule has 3 rings (SSSR count). The molecule has 1 aliphatic carbocycles. The van der Waals surface area contributed by atoms with Crippen LogP contribution in [0.15, 0.2) is 0 Å². The summed E-state index contributed by atoms with van der Waals surface area (Å²) in [5.74, 6) is 1.95. The Balaban J connectivity index is 2.06. The Morgan fingerprint density at radius 2 is 2.29 bits per heavy atom. The number of aldehydes is 1. The first-order valence-corrected chi connectivity index (χ1v) is 6.19.